The number of benzene rings is 1. The molecule has 1 heterocycles. The zero-order chi connectivity index (χ0) is 14.0. The van der Waals surface area contributed by atoms with Gasteiger partial charge in [0.25, 0.3) is 5.91 Å². The first-order valence-corrected chi connectivity index (χ1v) is 6.99. The van der Waals surface area contributed by atoms with Crippen molar-refractivity contribution in [3.8, 4) is 0 Å². The molecule has 2 N–H and O–H groups in total. The van der Waals surface area contributed by atoms with E-state index in [1.54, 1.807) is 18.2 Å². The minimum atomic E-state index is -1.05. The second kappa shape index (κ2) is 5.54. The van der Waals surface area contributed by atoms with Crippen LogP contribution in [0.5, 0.6) is 0 Å². The Morgan fingerprint density at radius 3 is 2.58 bits per heavy atom. The number of aromatic carboxylic acids is 1. The third-order valence-corrected chi connectivity index (χ3v) is 4.11. The Morgan fingerprint density at radius 1 is 1.26 bits per heavy atom. The normalized spacial score (nSPS) is 10.2. The van der Waals surface area contributed by atoms with E-state index < -0.39 is 5.97 Å². The van der Waals surface area contributed by atoms with E-state index in [0.717, 1.165) is 4.88 Å². The molecule has 6 heteroatoms. The number of amides is 1. The smallest absolute Gasteiger partial charge is 0.336 e. The summed E-state index contributed by atoms with van der Waals surface area (Å²) < 4.78 is 0.477. The number of aryl methyl sites for hydroxylation is 1. The molecule has 0 saturated heterocycles. The SMILES string of the molecule is Cc1ccc(C(=O)Nc2ccc(Br)c(C(=O)O)c2)s1. The van der Waals surface area contributed by atoms with E-state index in [4.69, 9.17) is 5.11 Å². The number of carboxylic acid groups (broad SMARTS) is 1. The number of carbonyl (C=O) groups is 2. The first-order chi connectivity index (χ1) is 8.97. The maximum Gasteiger partial charge on any atom is 0.336 e. The monoisotopic (exact) mass is 339 g/mol. The Kier molecular flexibility index (Phi) is 4.01. The Bertz CT molecular complexity index is 651. The summed E-state index contributed by atoms with van der Waals surface area (Å²) in [5, 5.41) is 11.7. The molecular weight excluding hydrogens is 330 g/mol. The average molecular weight is 340 g/mol. The fourth-order valence-electron chi connectivity index (χ4n) is 1.52. The summed E-state index contributed by atoms with van der Waals surface area (Å²) in [5.41, 5.74) is 0.566. The van der Waals surface area contributed by atoms with Crippen molar-refractivity contribution < 1.29 is 14.7 Å². The molecule has 0 atom stereocenters. The van der Waals surface area contributed by atoms with Gasteiger partial charge in [-0.2, -0.15) is 0 Å². The van der Waals surface area contributed by atoms with E-state index in [1.165, 1.54) is 17.4 Å². The van der Waals surface area contributed by atoms with Gasteiger partial charge in [-0.25, -0.2) is 4.79 Å². The second-order valence-electron chi connectivity index (χ2n) is 3.86. The second-order valence-corrected chi connectivity index (χ2v) is 6.01. The molecule has 0 aliphatic rings. The number of rotatable bonds is 3. The Labute approximate surface area is 122 Å². The van der Waals surface area contributed by atoms with Crippen LogP contribution < -0.4 is 5.32 Å². The number of thiophene rings is 1. The topological polar surface area (TPSA) is 66.4 Å². The summed E-state index contributed by atoms with van der Waals surface area (Å²) in [6.07, 6.45) is 0. The van der Waals surface area contributed by atoms with Crippen LogP contribution in [0.15, 0.2) is 34.8 Å². The highest BCUT2D eigenvalue weighted by Gasteiger charge is 2.12. The average Bonchev–Trinajstić information content (AvgIpc) is 2.78. The Balaban J connectivity index is 2.22. The van der Waals surface area contributed by atoms with Crippen molar-refractivity contribution in [2.24, 2.45) is 0 Å². The minimum absolute atomic E-state index is 0.111. The van der Waals surface area contributed by atoms with Crippen LogP contribution in [0.3, 0.4) is 0 Å². The largest absolute Gasteiger partial charge is 0.478 e. The summed E-state index contributed by atoms with van der Waals surface area (Å²) in [6, 6.07) is 8.27. The lowest BCUT2D eigenvalue weighted by Gasteiger charge is -2.06. The predicted octanol–water partition coefficient (Wildman–Crippen LogP) is 3.77. The highest BCUT2D eigenvalue weighted by molar-refractivity contribution is 9.10. The number of halogens is 1. The van der Waals surface area contributed by atoms with Gasteiger partial charge in [-0.05, 0) is 53.2 Å². The van der Waals surface area contributed by atoms with Crippen molar-refractivity contribution in [1.29, 1.82) is 0 Å². The molecule has 98 valence electrons. The number of hydrogen-bond acceptors (Lipinski definition) is 3. The first kappa shape index (κ1) is 13.8. The van der Waals surface area contributed by atoms with Gasteiger partial charge >= 0.3 is 5.97 Å². The van der Waals surface area contributed by atoms with Crippen molar-refractivity contribution in [2.45, 2.75) is 6.92 Å². The molecule has 0 fully saturated rings. The van der Waals surface area contributed by atoms with Crippen LogP contribution in [0, 0.1) is 6.92 Å². The van der Waals surface area contributed by atoms with Gasteiger partial charge < -0.3 is 10.4 Å². The lowest BCUT2D eigenvalue weighted by molar-refractivity contribution is 0.0695. The lowest BCUT2D eigenvalue weighted by Crippen LogP contribution is -2.11. The summed E-state index contributed by atoms with van der Waals surface area (Å²) in [7, 11) is 0. The molecule has 0 aliphatic heterocycles. The molecule has 0 bridgehead atoms. The molecule has 2 aromatic rings. The third-order valence-electron chi connectivity index (χ3n) is 2.42. The van der Waals surface area contributed by atoms with Gasteiger partial charge in [0, 0.05) is 15.0 Å². The number of carbonyl (C=O) groups excluding carboxylic acids is 1. The van der Waals surface area contributed by atoms with Crippen LogP contribution in [-0.4, -0.2) is 17.0 Å². The van der Waals surface area contributed by atoms with Crippen LogP contribution >= 0.6 is 27.3 Å². The molecule has 1 aromatic heterocycles. The van der Waals surface area contributed by atoms with Gasteiger partial charge in [0.05, 0.1) is 10.4 Å². The summed E-state index contributed by atoms with van der Waals surface area (Å²) >= 11 is 4.55. The van der Waals surface area contributed by atoms with E-state index in [9.17, 15) is 9.59 Å². The van der Waals surface area contributed by atoms with E-state index in [1.807, 2.05) is 13.0 Å². The molecule has 0 unspecified atom stereocenters. The molecule has 0 spiro atoms. The molecule has 0 radical (unpaired) electrons. The summed E-state index contributed by atoms with van der Waals surface area (Å²) in [6.45, 7) is 1.92. The van der Waals surface area contributed by atoms with Crippen molar-refractivity contribution in [3.63, 3.8) is 0 Å². The fraction of sp³-hybridized carbons (Fsp3) is 0.0769. The van der Waals surface area contributed by atoms with Gasteiger partial charge in [0.15, 0.2) is 0 Å². The quantitative estimate of drug-likeness (QED) is 0.894. The molecule has 0 saturated carbocycles. The van der Waals surface area contributed by atoms with Crippen molar-refractivity contribution >= 4 is 44.8 Å². The first-order valence-electron chi connectivity index (χ1n) is 5.38. The van der Waals surface area contributed by atoms with E-state index >= 15 is 0 Å². The molecule has 19 heavy (non-hydrogen) atoms. The molecule has 1 amide bonds. The van der Waals surface area contributed by atoms with Crippen LogP contribution in [-0.2, 0) is 0 Å². The van der Waals surface area contributed by atoms with E-state index in [-0.39, 0.29) is 11.5 Å². The Hall–Kier alpha value is -1.66. The Morgan fingerprint density at radius 2 is 2.00 bits per heavy atom. The highest BCUT2D eigenvalue weighted by atomic mass is 79.9. The number of hydrogen-bond donors (Lipinski definition) is 2. The third kappa shape index (κ3) is 3.21. The van der Waals surface area contributed by atoms with Crippen molar-refractivity contribution in [2.75, 3.05) is 5.32 Å². The number of carboxylic acids is 1. The maximum atomic E-state index is 11.9. The van der Waals surface area contributed by atoms with Gasteiger partial charge in [-0.3, -0.25) is 4.79 Å². The van der Waals surface area contributed by atoms with E-state index in [0.29, 0.717) is 15.0 Å². The van der Waals surface area contributed by atoms with Crippen LogP contribution in [0.25, 0.3) is 0 Å². The van der Waals surface area contributed by atoms with Crippen molar-refractivity contribution in [3.05, 3.63) is 50.1 Å². The molecule has 2 rings (SSSR count). The van der Waals surface area contributed by atoms with Gasteiger partial charge in [-0.1, -0.05) is 0 Å². The zero-order valence-electron chi connectivity index (χ0n) is 9.94. The highest BCUT2D eigenvalue weighted by Crippen LogP contribution is 2.22. The molecule has 0 aliphatic carbocycles. The molecule has 1 aromatic carbocycles. The van der Waals surface area contributed by atoms with Gasteiger partial charge in [-0.15, -0.1) is 11.3 Å². The van der Waals surface area contributed by atoms with Gasteiger partial charge in [0.1, 0.15) is 0 Å². The lowest BCUT2D eigenvalue weighted by atomic mass is 10.2. The van der Waals surface area contributed by atoms with Gasteiger partial charge in [0.2, 0.25) is 0 Å². The standard InChI is InChI=1S/C13H10BrNO3S/c1-7-2-5-11(19-7)12(16)15-8-3-4-10(14)9(6-8)13(17)18/h2-6H,1H3,(H,15,16)(H,17,18). The predicted molar refractivity (Wildman–Crippen MR) is 78.1 cm³/mol. The van der Waals surface area contributed by atoms with Crippen molar-refractivity contribution in [1.82, 2.24) is 0 Å². The van der Waals surface area contributed by atoms with Crippen LogP contribution in [0.1, 0.15) is 24.9 Å². The molecular formula is C13H10BrNO3S. The maximum absolute atomic E-state index is 11.9. The number of anilines is 1. The molecule has 4 nitrogen and oxygen atoms in total. The van der Waals surface area contributed by atoms with Crippen LogP contribution in [0.2, 0.25) is 0 Å². The minimum Gasteiger partial charge on any atom is -0.478 e. The van der Waals surface area contributed by atoms with Crippen LogP contribution in [0.4, 0.5) is 5.69 Å². The van der Waals surface area contributed by atoms with E-state index in [2.05, 4.69) is 21.2 Å². The summed E-state index contributed by atoms with van der Waals surface area (Å²) in [4.78, 5) is 24.6. The fourth-order valence-corrected chi connectivity index (χ4v) is 2.70. The zero-order valence-corrected chi connectivity index (χ0v) is 12.3. The number of nitrogens with one attached hydrogen (secondary N) is 1. The summed E-state index contributed by atoms with van der Waals surface area (Å²) in [5.74, 6) is -1.29.